The van der Waals surface area contributed by atoms with Crippen LogP contribution in [0.15, 0.2) is 24.3 Å². The van der Waals surface area contributed by atoms with Crippen LogP contribution in [0, 0.1) is 0 Å². The molecular formula is C12H16O. The summed E-state index contributed by atoms with van der Waals surface area (Å²) in [5.41, 5.74) is 2.94. The Morgan fingerprint density at radius 3 is 3.00 bits per heavy atom. The minimum absolute atomic E-state index is 0.170. The van der Waals surface area contributed by atoms with Gasteiger partial charge < -0.3 is 5.11 Å². The van der Waals surface area contributed by atoms with Gasteiger partial charge in [0.25, 0.3) is 0 Å². The Bertz CT molecular complexity index is 291. The largest absolute Gasteiger partial charge is 0.393 e. The molecule has 0 aliphatic heterocycles. The zero-order valence-corrected chi connectivity index (χ0v) is 8.03. The number of fused-ring (bicyclic) bond motifs is 1. The molecule has 70 valence electrons. The van der Waals surface area contributed by atoms with E-state index in [0.29, 0.717) is 5.92 Å². The zero-order valence-electron chi connectivity index (χ0n) is 8.03. The standard InChI is InChI=1S/C12H16O/c1-9(13)8-11-7-6-10-4-2-3-5-12(10)11/h2-5,9,11,13H,6-8H2,1H3/t9-,11?/m1/s1. The average Bonchev–Trinajstić information content (AvgIpc) is 2.48. The lowest BCUT2D eigenvalue weighted by molar-refractivity contribution is 0.174. The Balaban J connectivity index is 2.18. The van der Waals surface area contributed by atoms with Gasteiger partial charge in [-0.25, -0.2) is 0 Å². The van der Waals surface area contributed by atoms with Crippen molar-refractivity contribution in [2.75, 3.05) is 0 Å². The Labute approximate surface area is 79.4 Å². The molecule has 0 saturated heterocycles. The molecule has 2 atom stereocenters. The van der Waals surface area contributed by atoms with E-state index in [1.54, 1.807) is 0 Å². The number of hydrogen-bond acceptors (Lipinski definition) is 1. The normalized spacial score (nSPS) is 22.8. The quantitative estimate of drug-likeness (QED) is 0.734. The predicted octanol–water partition coefficient (Wildman–Crippen LogP) is 2.49. The molecule has 0 aromatic heterocycles. The summed E-state index contributed by atoms with van der Waals surface area (Å²) in [6, 6.07) is 8.61. The van der Waals surface area contributed by atoms with Gasteiger partial charge in [0, 0.05) is 0 Å². The molecule has 0 bridgehead atoms. The van der Waals surface area contributed by atoms with Gasteiger partial charge in [0.1, 0.15) is 0 Å². The maximum Gasteiger partial charge on any atom is 0.0517 e. The van der Waals surface area contributed by atoms with E-state index in [2.05, 4.69) is 24.3 Å². The van der Waals surface area contributed by atoms with Crippen LogP contribution in [0.5, 0.6) is 0 Å². The molecule has 13 heavy (non-hydrogen) atoms. The molecule has 1 aliphatic rings. The number of benzene rings is 1. The molecule has 1 N–H and O–H groups in total. The molecule has 0 amide bonds. The third-order valence-electron chi connectivity index (χ3n) is 2.88. The minimum atomic E-state index is -0.170. The Morgan fingerprint density at radius 1 is 1.46 bits per heavy atom. The van der Waals surface area contributed by atoms with Crippen LogP contribution in [0.2, 0.25) is 0 Å². The van der Waals surface area contributed by atoms with Crippen molar-refractivity contribution in [3.05, 3.63) is 35.4 Å². The van der Waals surface area contributed by atoms with Crippen LogP contribution >= 0.6 is 0 Å². The van der Waals surface area contributed by atoms with Crippen LogP contribution in [0.3, 0.4) is 0 Å². The van der Waals surface area contributed by atoms with E-state index in [9.17, 15) is 5.11 Å². The Kier molecular flexibility index (Phi) is 2.36. The summed E-state index contributed by atoms with van der Waals surface area (Å²) in [7, 11) is 0. The molecule has 0 spiro atoms. The Hall–Kier alpha value is -0.820. The van der Waals surface area contributed by atoms with E-state index >= 15 is 0 Å². The molecule has 0 fully saturated rings. The van der Waals surface area contributed by atoms with Crippen molar-refractivity contribution in [3.63, 3.8) is 0 Å². The van der Waals surface area contributed by atoms with Gasteiger partial charge in [0.15, 0.2) is 0 Å². The van der Waals surface area contributed by atoms with Crippen molar-refractivity contribution >= 4 is 0 Å². The summed E-state index contributed by atoms with van der Waals surface area (Å²) in [5.74, 6) is 0.594. The first-order valence-electron chi connectivity index (χ1n) is 5.03. The first-order chi connectivity index (χ1) is 6.27. The number of hydrogen-bond donors (Lipinski definition) is 1. The first kappa shape index (κ1) is 8.76. The molecule has 1 unspecified atom stereocenters. The molecule has 1 heteroatoms. The van der Waals surface area contributed by atoms with Gasteiger partial charge in [-0.2, -0.15) is 0 Å². The van der Waals surface area contributed by atoms with E-state index in [4.69, 9.17) is 0 Å². The van der Waals surface area contributed by atoms with E-state index < -0.39 is 0 Å². The summed E-state index contributed by atoms with van der Waals surface area (Å²) in [4.78, 5) is 0. The van der Waals surface area contributed by atoms with Gasteiger partial charge in [-0.15, -0.1) is 0 Å². The second-order valence-corrected chi connectivity index (χ2v) is 4.02. The minimum Gasteiger partial charge on any atom is -0.393 e. The van der Waals surface area contributed by atoms with Gasteiger partial charge in [0.05, 0.1) is 6.10 Å². The van der Waals surface area contributed by atoms with Crippen molar-refractivity contribution in [2.24, 2.45) is 0 Å². The second-order valence-electron chi connectivity index (χ2n) is 4.02. The molecule has 0 saturated carbocycles. The molecule has 0 radical (unpaired) electrons. The van der Waals surface area contributed by atoms with Crippen LogP contribution in [0.4, 0.5) is 0 Å². The predicted molar refractivity (Wildman–Crippen MR) is 53.8 cm³/mol. The summed E-state index contributed by atoms with van der Waals surface area (Å²) < 4.78 is 0. The highest BCUT2D eigenvalue weighted by molar-refractivity contribution is 5.34. The third-order valence-corrected chi connectivity index (χ3v) is 2.88. The highest BCUT2D eigenvalue weighted by Crippen LogP contribution is 2.35. The fraction of sp³-hybridized carbons (Fsp3) is 0.500. The highest BCUT2D eigenvalue weighted by Gasteiger charge is 2.22. The summed E-state index contributed by atoms with van der Waals surface area (Å²) >= 11 is 0. The van der Waals surface area contributed by atoms with Crippen molar-refractivity contribution in [3.8, 4) is 0 Å². The summed E-state index contributed by atoms with van der Waals surface area (Å²) in [6.45, 7) is 1.88. The van der Waals surface area contributed by atoms with Crippen molar-refractivity contribution in [1.82, 2.24) is 0 Å². The molecule has 1 aromatic carbocycles. The number of rotatable bonds is 2. The monoisotopic (exact) mass is 176 g/mol. The van der Waals surface area contributed by atoms with E-state index in [-0.39, 0.29) is 6.10 Å². The first-order valence-corrected chi connectivity index (χ1v) is 5.03. The van der Waals surface area contributed by atoms with Gasteiger partial charge >= 0.3 is 0 Å². The second kappa shape index (κ2) is 3.51. The maximum absolute atomic E-state index is 9.34. The molecule has 1 aliphatic carbocycles. The molecular weight excluding hydrogens is 160 g/mol. The van der Waals surface area contributed by atoms with Crippen LogP contribution < -0.4 is 0 Å². The maximum atomic E-state index is 9.34. The number of aryl methyl sites for hydroxylation is 1. The lowest BCUT2D eigenvalue weighted by Gasteiger charge is -2.12. The van der Waals surface area contributed by atoms with Crippen LogP contribution in [-0.2, 0) is 6.42 Å². The molecule has 0 heterocycles. The lowest BCUT2D eigenvalue weighted by atomic mass is 9.96. The zero-order chi connectivity index (χ0) is 9.26. The topological polar surface area (TPSA) is 20.2 Å². The summed E-state index contributed by atoms with van der Waals surface area (Å²) in [5, 5.41) is 9.34. The van der Waals surface area contributed by atoms with Crippen LogP contribution in [-0.4, -0.2) is 11.2 Å². The average molecular weight is 176 g/mol. The fourth-order valence-electron chi connectivity index (χ4n) is 2.30. The SMILES string of the molecule is C[C@@H](O)CC1CCc2ccccc21. The number of aliphatic hydroxyl groups excluding tert-OH is 1. The fourth-order valence-corrected chi connectivity index (χ4v) is 2.30. The van der Waals surface area contributed by atoms with Gasteiger partial charge in [-0.3, -0.25) is 0 Å². The molecule has 1 nitrogen and oxygen atoms in total. The highest BCUT2D eigenvalue weighted by atomic mass is 16.3. The van der Waals surface area contributed by atoms with Crippen molar-refractivity contribution in [2.45, 2.75) is 38.2 Å². The van der Waals surface area contributed by atoms with Gasteiger partial charge in [-0.1, -0.05) is 24.3 Å². The van der Waals surface area contributed by atoms with Crippen LogP contribution in [0.1, 0.15) is 36.8 Å². The van der Waals surface area contributed by atoms with E-state index in [1.165, 1.54) is 24.0 Å². The third kappa shape index (κ3) is 1.75. The lowest BCUT2D eigenvalue weighted by Crippen LogP contribution is -2.05. The van der Waals surface area contributed by atoms with Crippen molar-refractivity contribution < 1.29 is 5.11 Å². The van der Waals surface area contributed by atoms with Crippen LogP contribution in [0.25, 0.3) is 0 Å². The molecule has 1 aromatic rings. The van der Waals surface area contributed by atoms with E-state index in [0.717, 1.165) is 6.42 Å². The summed E-state index contributed by atoms with van der Waals surface area (Å²) in [6.07, 6.45) is 3.14. The van der Waals surface area contributed by atoms with E-state index in [1.807, 2.05) is 6.92 Å². The van der Waals surface area contributed by atoms with Gasteiger partial charge in [0.2, 0.25) is 0 Å². The molecule has 2 rings (SSSR count). The Morgan fingerprint density at radius 2 is 2.23 bits per heavy atom. The van der Waals surface area contributed by atoms with Crippen molar-refractivity contribution in [1.29, 1.82) is 0 Å². The number of aliphatic hydroxyl groups is 1. The van der Waals surface area contributed by atoms with Gasteiger partial charge in [-0.05, 0) is 43.2 Å². The smallest absolute Gasteiger partial charge is 0.0517 e.